The summed E-state index contributed by atoms with van der Waals surface area (Å²) in [6.45, 7) is 1.75. The van der Waals surface area contributed by atoms with Crippen molar-refractivity contribution in [2.45, 2.75) is 25.4 Å². The van der Waals surface area contributed by atoms with Crippen LogP contribution in [0.25, 0.3) is 0 Å². The average Bonchev–Trinajstić information content (AvgIpc) is 2.43. The van der Waals surface area contributed by atoms with Gasteiger partial charge in [0.2, 0.25) is 0 Å². The Morgan fingerprint density at radius 1 is 1.00 bits per heavy atom. The van der Waals surface area contributed by atoms with Gasteiger partial charge in [-0.1, -0.05) is 25.1 Å². The Labute approximate surface area is 115 Å². The van der Waals surface area contributed by atoms with E-state index in [4.69, 9.17) is 0 Å². The van der Waals surface area contributed by atoms with E-state index in [0.29, 0.717) is 17.5 Å². The zero-order valence-electron chi connectivity index (χ0n) is 11.0. The summed E-state index contributed by atoms with van der Waals surface area (Å²) in [7, 11) is 0. The Hall–Kier alpha value is -1.81. The van der Waals surface area contributed by atoms with Crippen LogP contribution < -0.4 is 0 Å². The summed E-state index contributed by atoms with van der Waals surface area (Å²) in [5, 5.41) is 10.6. The third-order valence-corrected chi connectivity index (χ3v) is 3.43. The van der Waals surface area contributed by atoms with Crippen LogP contribution in [0.4, 0.5) is 13.2 Å². The summed E-state index contributed by atoms with van der Waals surface area (Å²) in [5.74, 6) is -2.33. The first-order valence-electron chi connectivity index (χ1n) is 6.37. The van der Waals surface area contributed by atoms with Crippen molar-refractivity contribution in [1.82, 2.24) is 0 Å². The third-order valence-electron chi connectivity index (χ3n) is 3.43. The van der Waals surface area contributed by atoms with Crippen LogP contribution in [-0.2, 0) is 12.0 Å². The average molecular weight is 280 g/mol. The molecule has 0 saturated carbocycles. The zero-order valence-corrected chi connectivity index (χ0v) is 11.0. The minimum absolute atomic E-state index is 0.0875. The summed E-state index contributed by atoms with van der Waals surface area (Å²) in [5.41, 5.74) is -0.436. The van der Waals surface area contributed by atoms with Gasteiger partial charge < -0.3 is 5.11 Å². The number of aliphatic hydroxyl groups is 1. The van der Waals surface area contributed by atoms with Gasteiger partial charge in [0, 0.05) is 6.42 Å². The van der Waals surface area contributed by atoms with Gasteiger partial charge in [-0.05, 0) is 41.8 Å². The molecule has 0 bridgehead atoms. The predicted octanol–water partition coefficient (Wildman–Crippen LogP) is 3.94. The largest absolute Gasteiger partial charge is 0.385 e. The second kappa shape index (κ2) is 5.67. The molecule has 0 fully saturated rings. The van der Waals surface area contributed by atoms with Gasteiger partial charge in [-0.25, -0.2) is 13.2 Å². The molecule has 4 heteroatoms. The smallest absolute Gasteiger partial charge is 0.159 e. The van der Waals surface area contributed by atoms with Gasteiger partial charge in [-0.3, -0.25) is 0 Å². The normalized spacial score (nSPS) is 14.1. The molecule has 0 aliphatic heterocycles. The molecule has 0 radical (unpaired) electrons. The van der Waals surface area contributed by atoms with Gasteiger partial charge in [-0.2, -0.15) is 0 Å². The second-order valence-corrected chi connectivity index (χ2v) is 4.82. The maximum atomic E-state index is 13.3. The fourth-order valence-corrected chi connectivity index (χ4v) is 2.20. The molecule has 0 saturated heterocycles. The lowest BCUT2D eigenvalue weighted by molar-refractivity contribution is 0.0323. The highest BCUT2D eigenvalue weighted by Crippen LogP contribution is 2.30. The van der Waals surface area contributed by atoms with E-state index in [-0.39, 0.29) is 6.42 Å². The van der Waals surface area contributed by atoms with E-state index in [1.165, 1.54) is 24.3 Å². The van der Waals surface area contributed by atoms with Crippen molar-refractivity contribution in [3.05, 3.63) is 71.0 Å². The van der Waals surface area contributed by atoms with Crippen LogP contribution >= 0.6 is 0 Å². The number of hydrogen-bond donors (Lipinski definition) is 1. The van der Waals surface area contributed by atoms with E-state index in [2.05, 4.69) is 0 Å². The SMILES string of the molecule is CCC(O)(Cc1ccc(F)c(F)c1)c1cccc(F)c1. The fraction of sp³-hybridized carbons (Fsp3) is 0.250. The molecule has 1 unspecified atom stereocenters. The van der Waals surface area contributed by atoms with Crippen molar-refractivity contribution in [3.8, 4) is 0 Å². The van der Waals surface area contributed by atoms with E-state index < -0.39 is 23.1 Å². The van der Waals surface area contributed by atoms with Crippen LogP contribution in [0.1, 0.15) is 24.5 Å². The van der Waals surface area contributed by atoms with Crippen molar-refractivity contribution in [2.75, 3.05) is 0 Å². The highest BCUT2D eigenvalue weighted by Gasteiger charge is 2.28. The highest BCUT2D eigenvalue weighted by atomic mass is 19.2. The van der Waals surface area contributed by atoms with Crippen molar-refractivity contribution >= 4 is 0 Å². The number of benzene rings is 2. The Balaban J connectivity index is 2.33. The number of rotatable bonds is 4. The summed E-state index contributed by atoms with van der Waals surface area (Å²) in [4.78, 5) is 0. The molecular formula is C16H15F3O. The summed E-state index contributed by atoms with van der Waals surface area (Å²) in [6, 6.07) is 9.16. The molecule has 1 nitrogen and oxygen atoms in total. The predicted molar refractivity (Wildman–Crippen MR) is 70.6 cm³/mol. The molecule has 2 rings (SSSR count). The monoisotopic (exact) mass is 280 g/mol. The molecule has 2 aromatic rings. The lowest BCUT2D eigenvalue weighted by Gasteiger charge is -2.27. The van der Waals surface area contributed by atoms with E-state index in [9.17, 15) is 18.3 Å². The molecule has 0 aliphatic carbocycles. The van der Waals surface area contributed by atoms with Gasteiger partial charge >= 0.3 is 0 Å². The fourth-order valence-electron chi connectivity index (χ4n) is 2.20. The minimum Gasteiger partial charge on any atom is -0.385 e. The molecule has 2 aromatic carbocycles. The lowest BCUT2D eigenvalue weighted by Crippen LogP contribution is -2.27. The van der Waals surface area contributed by atoms with Crippen LogP contribution in [0.15, 0.2) is 42.5 Å². The molecular weight excluding hydrogens is 265 g/mol. The quantitative estimate of drug-likeness (QED) is 0.899. The van der Waals surface area contributed by atoms with Gasteiger partial charge in [0.25, 0.3) is 0 Å². The molecule has 106 valence electrons. The first-order chi connectivity index (χ1) is 9.44. The zero-order chi connectivity index (χ0) is 14.8. The van der Waals surface area contributed by atoms with Crippen molar-refractivity contribution in [2.24, 2.45) is 0 Å². The molecule has 0 amide bonds. The maximum Gasteiger partial charge on any atom is 0.159 e. The Bertz CT molecular complexity index is 612. The van der Waals surface area contributed by atoms with E-state index in [0.717, 1.165) is 12.1 Å². The third kappa shape index (κ3) is 3.02. The van der Waals surface area contributed by atoms with Crippen LogP contribution in [0.3, 0.4) is 0 Å². The summed E-state index contributed by atoms with van der Waals surface area (Å²) >= 11 is 0. The molecule has 1 N–H and O–H groups in total. The van der Waals surface area contributed by atoms with Crippen LogP contribution in [0, 0.1) is 17.5 Å². The van der Waals surface area contributed by atoms with Crippen LogP contribution in [0.2, 0.25) is 0 Å². The highest BCUT2D eigenvalue weighted by molar-refractivity contribution is 5.28. The minimum atomic E-state index is -1.31. The first-order valence-corrected chi connectivity index (χ1v) is 6.37. The molecule has 1 atom stereocenters. The van der Waals surface area contributed by atoms with Crippen LogP contribution in [-0.4, -0.2) is 5.11 Å². The first kappa shape index (κ1) is 14.6. The van der Waals surface area contributed by atoms with Gasteiger partial charge in [0.15, 0.2) is 11.6 Å². The molecule has 0 aromatic heterocycles. The second-order valence-electron chi connectivity index (χ2n) is 4.82. The summed E-state index contributed by atoms with van der Waals surface area (Å²) in [6.07, 6.45) is 0.416. The van der Waals surface area contributed by atoms with Gasteiger partial charge in [0.05, 0.1) is 5.60 Å². The van der Waals surface area contributed by atoms with Gasteiger partial charge in [0.1, 0.15) is 5.82 Å². The van der Waals surface area contributed by atoms with Gasteiger partial charge in [-0.15, -0.1) is 0 Å². The Kier molecular flexibility index (Phi) is 4.14. The van der Waals surface area contributed by atoms with Crippen molar-refractivity contribution < 1.29 is 18.3 Å². The van der Waals surface area contributed by atoms with Crippen molar-refractivity contribution in [1.29, 1.82) is 0 Å². The van der Waals surface area contributed by atoms with Crippen molar-refractivity contribution in [3.63, 3.8) is 0 Å². The van der Waals surface area contributed by atoms with Crippen LogP contribution in [0.5, 0.6) is 0 Å². The molecule has 20 heavy (non-hydrogen) atoms. The molecule has 0 heterocycles. The number of halogens is 3. The maximum absolute atomic E-state index is 13.3. The van der Waals surface area contributed by atoms with E-state index in [1.807, 2.05) is 0 Å². The topological polar surface area (TPSA) is 20.2 Å². The lowest BCUT2D eigenvalue weighted by atomic mass is 9.85. The number of hydrogen-bond acceptors (Lipinski definition) is 1. The van der Waals surface area contributed by atoms with E-state index in [1.54, 1.807) is 13.0 Å². The standard InChI is InChI=1S/C16H15F3O/c1-2-16(20,12-4-3-5-13(17)9-12)10-11-6-7-14(18)15(19)8-11/h3-9,20H,2,10H2,1H3. The Morgan fingerprint density at radius 3 is 2.35 bits per heavy atom. The Morgan fingerprint density at radius 2 is 1.75 bits per heavy atom. The molecule has 0 aliphatic rings. The van der Waals surface area contributed by atoms with E-state index >= 15 is 0 Å². The molecule has 0 spiro atoms. The summed E-state index contributed by atoms with van der Waals surface area (Å²) < 4.78 is 39.4.